The summed E-state index contributed by atoms with van der Waals surface area (Å²) in [5, 5.41) is 2.93. The lowest BCUT2D eigenvalue weighted by Gasteiger charge is -2.15. The summed E-state index contributed by atoms with van der Waals surface area (Å²) in [5.41, 5.74) is 4.70. The van der Waals surface area contributed by atoms with Crippen LogP contribution in [0.1, 0.15) is 37.4 Å². The van der Waals surface area contributed by atoms with E-state index in [0.29, 0.717) is 30.8 Å². The van der Waals surface area contributed by atoms with Crippen LogP contribution in [0.25, 0.3) is 0 Å². The molecule has 0 saturated heterocycles. The average molecular weight is 338 g/mol. The highest BCUT2D eigenvalue weighted by atomic mass is 16.5. The van der Waals surface area contributed by atoms with E-state index in [1.807, 2.05) is 44.2 Å². The molecule has 1 aliphatic rings. The van der Waals surface area contributed by atoms with E-state index in [4.69, 9.17) is 4.74 Å². The molecule has 5 nitrogen and oxygen atoms in total. The fraction of sp³-hybridized carbons (Fsp3) is 0.300. The Kier molecular flexibility index (Phi) is 4.86. The van der Waals surface area contributed by atoms with E-state index in [-0.39, 0.29) is 11.8 Å². The van der Waals surface area contributed by atoms with Gasteiger partial charge in [-0.1, -0.05) is 29.8 Å². The predicted molar refractivity (Wildman–Crippen MR) is 96.9 cm³/mol. The van der Waals surface area contributed by atoms with Crippen LogP contribution in [0.15, 0.2) is 36.4 Å². The van der Waals surface area contributed by atoms with Crippen LogP contribution in [-0.2, 0) is 11.3 Å². The third kappa shape index (κ3) is 3.42. The number of ether oxygens (including phenoxy) is 1. The Morgan fingerprint density at radius 1 is 1.24 bits per heavy atom. The molecule has 0 atom stereocenters. The number of carbonyl (C=O) groups excluding carboxylic acids is 2. The minimum Gasteiger partial charge on any atom is -0.383 e. The van der Waals surface area contributed by atoms with Crippen molar-refractivity contribution in [3.63, 3.8) is 0 Å². The number of amides is 2. The largest absolute Gasteiger partial charge is 0.383 e. The van der Waals surface area contributed by atoms with Crippen molar-refractivity contribution >= 4 is 17.5 Å². The van der Waals surface area contributed by atoms with Gasteiger partial charge in [0.15, 0.2) is 0 Å². The summed E-state index contributed by atoms with van der Waals surface area (Å²) in [6.45, 7) is 5.47. The van der Waals surface area contributed by atoms with Gasteiger partial charge in [-0.15, -0.1) is 0 Å². The molecule has 25 heavy (non-hydrogen) atoms. The number of nitrogens with one attached hydrogen (secondary N) is 1. The van der Waals surface area contributed by atoms with Crippen molar-refractivity contribution < 1.29 is 14.3 Å². The Bertz CT molecular complexity index is 830. The molecule has 0 saturated carbocycles. The lowest BCUT2D eigenvalue weighted by Crippen LogP contribution is -2.28. The lowest BCUT2D eigenvalue weighted by atomic mass is 10.0. The van der Waals surface area contributed by atoms with E-state index in [1.54, 1.807) is 18.1 Å². The molecule has 1 N–H and O–H groups in total. The fourth-order valence-corrected chi connectivity index (χ4v) is 3.13. The number of rotatable bonds is 5. The van der Waals surface area contributed by atoms with E-state index in [0.717, 1.165) is 22.4 Å². The number of benzene rings is 2. The van der Waals surface area contributed by atoms with Gasteiger partial charge < -0.3 is 15.0 Å². The summed E-state index contributed by atoms with van der Waals surface area (Å²) in [6.07, 6.45) is 0. The molecule has 0 unspecified atom stereocenters. The molecule has 1 heterocycles. The Labute approximate surface area is 147 Å². The van der Waals surface area contributed by atoms with Gasteiger partial charge in [-0.3, -0.25) is 9.59 Å². The summed E-state index contributed by atoms with van der Waals surface area (Å²) in [5.74, 6) is -0.371. The van der Waals surface area contributed by atoms with Gasteiger partial charge in [-0.2, -0.15) is 0 Å². The first kappa shape index (κ1) is 17.2. The third-order valence-electron chi connectivity index (χ3n) is 4.45. The van der Waals surface area contributed by atoms with Crippen molar-refractivity contribution in [2.75, 3.05) is 25.6 Å². The standard InChI is InChI=1S/C20H22N2O3/c1-13-7-8-17(14(2)11-13)21-19(23)16-6-4-5-15-12-22(9-10-25-3)20(24)18(15)16/h4-8,11H,9-10,12H2,1-3H3,(H,21,23). The second-order valence-corrected chi connectivity index (χ2v) is 6.33. The molecule has 0 aromatic heterocycles. The number of carbonyl (C=O) groups is 2. The van der Waals surface area contributed by atoms with Crippen LogP contribution in [0.5, 0.6) is 0 Å². The average Bonchev–Trinajstić information content (AvgIpc) is 2.91. The highest BCUT2D eigenvalue weighted by Crippen LogP contribution is 2.27. The second-order valence-electron chi connectivity index (χ2n) is 6.33. The van der Waals surface area contributed by atoms with Crippen LogP contribution in [0, 0.1) is 13.8 Å². The number of hydrogen-bond donors (Lipinski definition) is 1. The fourth-order valence-electron chi connectivity index (χ4n) is 3.13. The minimum absolute atomic E-state index is 0.113. The van der Waals surface area contributed by atoms with Gasteiger partial charge in [0.2, 0.25) is 0 Å². The van der Waals surface area contributed by atoms with Gasteiger partial charge in [0, 0.05) is 25.9 Å². The van der Waals surface area contributed by atoms with Crippen molar-refractivity contribution in [3.05, 3.63) is 64.2 Å². The molecule has 0 bridgehead atoms. The monoisotopic (exact) mass is 338 g/mol. The van der Waals surface area contributed by atoms with Crippen LogP contribution < -0.4 is 5.32 Å². The third-order valence-corrected chi connectivity index (χ3v) is 4.45. The van der Waals surface area contributed by atoms with Crippen LogP contribution in [0.3, 0.4) is 0 Å². The van der Waals surface area contributed by atoms with Crippen LogP contribution >= 0.6 is 0 Å². The van der Waals surface area contributed by atoms with Crippen molar-refractivity contribution in [3.8, 4) is 0 Å². The van der Waals surface area contributed by atoms with E-state index in [2.05, 4.69) is 5.32 Å². The quantitative estimate of drug-likeness (QED) is 0.911. The van der Waals surface area contributed by atoms with Gasteiger partial charge in [0.1, 0.15) is 0 Å². The minimum atomic E-state index is -0.259. The van der Waals surface area contributed by atoms with Gasteiger partial charge in [-0.05, 0) is 37.1 Å². The molecule has 130 valence electrons. The predicted octanol–water partition coefficient (Wildman–Crippen LogP) is 3.16. The molecule has 0 fully saturated rings. The molecule has 0 radical (unpaired) electrons. The summed E-state index contributed by atoms with van der Waals surface area (Å²) in [7, 11) is 1.61. The van der Waals surface area contributed by atoms with Gasteiger partial charge in [-0.25, -0.2) is 0 Å². The molecule has 0 aliphatic carbocycles. The molecule has 2 amide bonds. The maximum Gasteiger partial charge on any atom is 0.256 e. The van der Waals surface area contributed by atoms with Gasteiger partial charge >= 0.3 is 0 Å². The maximum atomic E-state index is 12.8. The van der Waals surface area contributed by atoms with Crippen molar-refractivity contribution in [1.29, 1.82) is 0 Å². The first-order chi connectivity index (χ1) is 12.0. The SMILES string of the molecule is COCCN1Cc2cccc(C(=O)Nc3ccc(C)cc3C)c2C1=O. The molecule has 5 heteroatoms. The van der Waals surface area contributed by atoms with Crippen LogP contribution in [-0.4, -0.2) is 37.0 Å². The summed E-state index contributed by atoms with van der Waals surface area (Å²) < 4.78 is 5.06. The zero-order chi connectivity index (χ0) is 18.0. The molecule has 1 aliphatic heterocycles. The maximum absolute atomic E-state index is 12.8. The van der Waals surface area contributed by atoms with E-state index < -0.39 is 0 Å². The van der Waals surface area contributed by atoms with Gasteiger partial charge in [0.25, 0.3) is 11.8 Å². The Hall–Kier alpha value is -2.66. The van der Waals surface area contributed by atoms with E-state index in [1.165, 1.54) is 0 Å². The number of hydrogen-bond acceptors (Lipinski definition) is 3. The first-order valence-electron chi connectivity index (χ1n) is 8.30. The van der Waals surface area contributed by atoms with Crippen molar-refractivity contribution in [1.82, 2.24) is 4.90 Å². The van der Waals surface area contributed by atoms with E-state index in [9.17, 15) is 9.59 Å². The zero-order valence-corrected chi connectivity index (χ0v) is 14.8. The number of fused-ring (bicyclic) bond motifs is 1. The highest BCUT2D eigenvalue weighted by molar-refractivity contribution is 6.13. The highest BCUT2D eigenvalue weighted by Gasteiger charge is 2.31. The smallest absolute Gasteiger partial charge is 0.256 e. The van der Waals surface area contributed by atoms with E-state index >= 15 is 0 Å². The van der Waals surface area contributed by atoms with Crippen LogP contribution in [0.4, 0.5) is 5.69 Å². The molecule has 2 aromatic carbocycles. The summed E-state index contributed by atoms with van der Waals surface area (Å²) >= 11 is 0. The number of methoxy groups -OCH3 is 1. The Morgan fingerprint density at radius 2 is 2.04 bits per heavy atom. The molecule has 2 aromatic rings. The van der Waals surface area contributed by atoms with Gasteiger partial charge in [0.05, 0.1) is 17.7 Å². The molecular formula is C20H22N2O3. The summed E-state index contributed by atoms with van der Waals surface area (Å²) in [4.78, 5) is 27.2. The Morgan fingerprint density at radius 3 is 2.76 bits per heavy atom. The molecular weight excluding hydrogens is 316 g/mol. The lowest BCUT2D eigenvalue weighted by molar-refractivity contribution is 0.0716. The second kappa shape index (κ2) is 7.07. The number of anilines is 1. The zero-order valence-electron chi connectivity index (χ0n) is 14.8. The topological polar surface area (TPSA) is 58.6 Å². The number of nitrogens with zero attached hydrogens (tertiary/aromatic N) is 1. The normalized spacial score (nSPS) is 13.1. The number of aryl methyl sites for hydroxylation is 2. The van der Waals surface area contributed by atoms with Crippen LogP contribution in [0.2, 0.25) is 0 Å². The molecule has 3 rings (SSSR count). The Balaban J connectivity index is 1.86. The van der Waals surface area contributed by atoms with Crippen molar-refractivity contribution in [2.24, 2.45) is 0 Å². The van der Waals surface area contributed by atoms with Crippen molar-refractivity contribution in [2.45, 2.75) is 20.4 Å². The molecule has 0 spiro atoms. The summed E-state index contributed by atoms with van der Waals surface area (Å²) in [6, 6.07) is 11.3. The first-order valence-corrected chi connectivity index (χ1v) is 8.30.